The molecule has 0 radical (unpaired) electrons. The minimum absolute atomic E-state index is 0.130. The Labute approximate surface area is 195 Å². The van der Waals surface area contributed by atoms with Crippen LogP contribution in [-0.4, -0.2) is 23.8 Å². The molecule has 1 fully saturated rings. The molecular formula is C28H30N4O. The summed E-state index contributed by atoms with van der Waals surface area (Å²) in [5.74, 6) is 0.373. The van der Waals surface area contributed by atoms with Gasteiger partial charge in [0.25, 0.3) is 0 Å². The lowest BCUT2D eigenvalue weighted by atomic mass is 9.83. The molecule has 0 unspecified atom stereocenters. The van der Waals surface area contributed by atoms with Crippen molar-refractivity contribution in [2.24, 2.45) is 11.0 Å². The van der Waals surface area contributed by atoms with Gasteiger partial charge in [-0.05, 0) is 48.7 Å². The first kappa shape index (κ1) is 21.3. The molecule has 5 heteroatoms. The van der Waals surface area contributed by atoms with E-state index in [0.717, 1.165) is 46.7 Å². The molecule has 1 aliphatic carbocycles. The lowest BCUT2D eigenvalue weighted by Gasteiger charge is -2.27. The van der Waals surface area contributed by atoms with Crippen LogP contribution in [0.5, 0.6) is 0 Å². The Kier molecular flexibility index (Phi) is 6.11. The van der Waals surface area contributed by atoms with E-state index in [2.05, 4.69) is 17.4 Å². The van der Waals surface area contributed by atoms with Gasteiger partial charge in [-0.3, -0.25) is 4.90 Å². The van der Waals surface area contributed by atoms with Crippen molar-refractivity contribution in [3.63, 3.8) is 0 Å². The normalized spacial score (nSPS) is 16.8. The number of hydrogen-bond donors (Lipinski definition) is 1. The van der Waals surface area contributed by atoms with E-state index in [-0.39, 0.29) is 6.03 Å². The minimum Gasteiger partial charge on any atom is -0.388 e. The molecule has 5 nitrogen and oxygen atoms in total. The van der Waals surface area contributed by atoms with E-state index in [1.165, 1.54) is 19.3 Å². The molecule has 3 aromatic carbocycles. The molecular weight excluding hydrogens is 408 g/mol. The van der Waals surface area contributed by atoms with Gasteiger partial charge in [0.1, 0.15) is 0 Å². The zero-order chi connectivity index (χ0) is 22.6. The van der Waals surface area contributed by atoms with E-state index < -0.39 is 0 Å². The summed E-state index contributed by atoms with van der Waals surface area (Å²) in [5, 5.41) is 9.89. The molecule has 168 valence electrons. The third-order valence-corrected chi connectivity index (χ3v) is 6.64. The first-order valence-corrected chi connectivity index (χ1v) is 11.9. The molecule has 2 amide bonds. The Hall–Kier alpha value is -3.60. The molecule has 0 spiro atoms. The molecule has 0 atom stereocenters. The fraction of sp³-hybridized carbons (Fsp3) is 0.286. The SMILES string of the molecule is CNc1ccc(N2C(=O)N(Cc3ccccc3)N=C(C3CCCCC3)c3ccccc32)cc1. The highest BCUT2D eigenvalue weighted by atomic mass is 16.2. The first-order valence-electron chi connectivity index (χ1n) is 11.9. The number of fused-ring (bicyclic) bond motifs is 1. The second kappa shape index (κ2) is 9.49. The fourth-order valence-electron chi connectivity index (χ4n) is 4.89. The summed E-state index contributed by atoms with van der Waals surface area (Å²) in [6.07, 6.45) is 5.96. The van der Waals surface area contributed by atoms with Crippen molar-refractivity contribution in [1.82, 2.24) is 5.01 Å². The van der Waals surface area contributed by atoms with Crippen LogP contribution in [0.2, 0.25) is 0 Å². The number of hydrazone groups is 1. The van der Waals surface area contributed by atoms with Crippen LogP contribution in [0.3, 0.4) is 0 Å². The lowest BCUT2D eigenvalue weighted by molar-refractivity contribution is 0.207. The van der Waals surface area contributed by atoms with E-state index in [0.29, 0.717) is 12.5 Å². The van der Waals surface area contributed by atoms with Crippen LogP contribution >= 0.6 is 0 Å². The van der Waals surface area contributed by atoms with Gasteiger partial charge >= 0.3 is 6.03 Å². The van der Waals surface area contributed by atoms with Crippen LogP contribution in [-0.2, 0) is 6.54 Å². The predicted octanol–water partition coefficient (Wildman–Crippen LogP) is 6.79. The predicted molar refractivity (Wildman–Crippen MR) is 135 cm³/mol. The summed E-state index contributed by atoms with van der Waals surface area (Å²) in [5.41, 5.74) is 5.92. The summed E-state index contributed by atoms with van der Waals surface area (Å²) in [7, 11) is 1.90. The number of hydrogen-bond acceptors (Lipinski definition) is 3. The van der Waals surface area contributed by atoms with Crippen LogP contribution in [0.1, 0.15) is 43.2 Å². The number of anilines is 3. The van der Waals surface area contributed by atoms with Gasteiger partial charge in [-0.1, -0.05) is 67.8 Å². The molecule has 0 aromatic heterocycles. The summed E-state index contributed by atoms with van der Waals surface area (Å²) in [4.78, 5) is 15.8. The van der Waals surface area contributed by atoms with Crippen LogP contribution in [0.4, 0.5) is 21.9 Å². The molecule has 0 bridgehead atoms. The molecule has 3 aromatic rings. The Morgan fingerprint density at radius 1 is 0.879 bits per heavy atom. The summed E-state index contributed by atoms with van der Waals surface area (Å²) in [6.45, 7) is 0.439. The lowest BCUT2D eigenvalue weighted by Crippen LogP contribution is -2.36. The highest BCUT2D eigenvalue weighted by molar-refractivity contribution is 6.13. The third kappa shape index (κ3) is 4.36. The van der Waals surface area contributed by atoms with E-state index in [1.807, 2.05) is 78.7 Å². The van der Waals surface area contributed by atoms with Crippen LogP contribution in [0, 0.1) is 5.92 Å². The Balaban J connectivity index is 1.63. The number of urea groups is 1. The number of carbonyl (C=O) groups excluding carboxylic acids is 1. The summed E-state index contributed by atoms with van der Waals surface area (Å²) < 4.78 is 0. The smallest absolute Gasteiger partial charge is 0.349 e. The fourth-order valence-corrected chi connectivity index (χ4v) is 4.89. The molecule has 1 saturated carbocycles. The maximum Gasteiger partial charge on any atom is 0.349 e. The van der Waals surface area contributed by atoms with E-state index in [4.69, 9.17) is 5.10 Å². The maximum atomic E-state index is 14.0. The van der Waals surface area contributed by atoms with Crippen LogP contribution < -0.4 is 10.2 Å². The van der Waals surface area contributed by atoms with Crippen molar-refractivity contribution in [3.8, 4) is 0 Å². The second-order valence-electron chi connectivity index (χ2n) is 8.80. The van der Waals surface area contributed by atoms with Gasteiger partial charge < -0.3 is 5.32 Å². The average molecular weight is 439 g/mol. The average Bonchev–Trinajstić information content (AvgIpc) is 3.00. The van der Waals surface area contributed by atoms with Crippen molar-refractivity contribution in [2.75, 3.05) is 17.3 Å². The number of nitrogens with one attached hydrogen (secondary N) is 1. The van der Waals surface area contributed by atoms with Gasteiger partial charge in [0.15, 0.2) is 0 Å². The first-order chi connectivity index (χ1) is 16.2. The van der Waals surface area contributed by atoms with Gasteiger partial charge in [0.2, 0.25) is 0 Å². The van der Waals surface area contributed by atoms with Gasteiger partial charge in [-0.25, -0.2) is 9.80 Å². The second-order valence-corrected chi connectivity index (χ2v) is 8.80. The highest BCUT2D eigenvalue weighted by Crippen LogP contribution is 2.38. The number of benzene rings is 3. The van der Waals surface area contributed by atoms with Crippen LogP contribution in [0.15, 0.2) is 84.0 Å². The van der Waals surface area contributed by atoms with E-state index in [9.17, 15) is 4.79 Å². The molecule has 1 heterocycles. The van der Waals surface area contributed by atoms with E-state index in [1.54, 1.807) is 5.01 Å². The Morgan fingerprint density at radius 3 is 2.30 bits per heavy atom. The van der Waals surface area contributed by atoms with Gasteiger partial charge in [-0.2, -0.15) is 5.10 Å². The molecule has 1 aliphatic heterocycles. The zero-order valence-electron chi connectivity index (χ0n) is 19.1. The zero-order valence-corrected chi connectivity index (χ0v) is 19.1. The number of rotatable bonds is 5. The number of nitrogens with zero attached hydrogens (tertiary/aromatic N) is 3. The molecule has 5 rings (SSSR count). The standard InChI is InChI=1S/C28H30N4O/c1-29-23-16-18-24(19-17-23)32-26-15-9-8-14-25(26)27(22-12-6-3-7-13-22)30-31(28(32)33)20-21-10-4-2-5-11-21/h2,4-5,8-11,14-19,22,29H,3,6-7,12-13,20H2,1H3. The number of para-hydroxylation sites is 1. The topological polar surface area (TPSA) is 47.9 Å². The quantitative estimate of drug-likeness (QED) is 0.477. The summed E-state index contributed by atoms with van der Waals surface area (Å²) in [6, 6.07) is 26.2. The van der Waals surface area contributed by atoms with Crippen LogP contribution in [0.25, 0.3) is 0 Å². The minimum atomic E-state index is -0.130. The van der Waals surface area contributed by atoms with Crippen molar-refractivity contribution >= 4 is 28.8 Å². The number of amides is 2. The Bertz CT molecular complexity index is 1130. The highest BCUT2D eigenvalue weighted by Gasteiger charge is 2.33. The largest absolute Gasteiger partial charge is 0.388 e. The van der Waals surface area contributed by atoms with Crippen molar-refractivity contribution in [1.29, 1.82) is 0 Å². The third-order valence-electron chi connectivity index (χ3n) is 6.64. The van der Waals surface area contributed by atoms with Gasteiger partial charge in [-0.15, -0.1) is 0 Å². The van der Waals surface area contributed by atoms with Gasteiger partial charge in [0.05, 0.1) is 23.6 Å². The number of carbonyl (C=O) groups is 1. The van der Waals surface area contributed by atoms with Crippen molar-refractivity contribution < 1.29 is 4.79 Å². The van der Waals surface area contributed by atoms with E-state index >= 15 is 0 Å². The van der Waals surface area contributed by atoms with Crippen molar-refractivity contribution in [2.45, 2.75) is 38.6 Å². The maximum absolute atomic E-state index is 14.0. The van der Waals surface area contributed by atoms with Crippen molar-refractivity contribution in [3.05, 3.63) is 90.0 Å². The molecule has 33 heavy (non-hydrogen) atoms. The molecule has 0 saturated heterocycles. The molecule has 2 aliphatic rings. The monoisotopic (exact) mass is 438 g/mol. The van der Waals surface area contributed by atoms with Gasteiger partial charge in [0, 0.05) is 24.2 Å². The summed E-state index contributed by atoms with van der Waals surface area (Å²) >= 11 is 0. The Morgan fingerprint density at radius 2 is 1.58 bits per heavy atom. The molecule has 1 N–H and O–H groups in total.